The SMILES string of the molecule is COc1ccc(CC(=O)Nc2ccc(N3CCN(C4CCCC4)C3=O)nc2)cc1. The van der Waals surface area contributed by atoms with Crippen LogP contribution in [-0.4, -0.2) is 48.1 Å². The van der Waals surface area contributed by atoms with E-state index in [-0.39, 0.29) is 18.4 Å². The molecule has 152 valence electrons. The molecule has 0 radical (unpaired) electrons. The molecule has 1 saturated heterocycles. The number of anilines is 2. The number of rotatable bonds is 6. The van der Waals surface area contributed by atoms with Crippen molar-refractivity contribution in [2.24, 2.45) is 0 Å². The molecule has 2 fully saturated rings. The summed E-state index contributed by atoms with van der Waals surface area (Å²) in [7, 11) is 1.61. The van der Waals surface area contributed by atoms with Crippen molar-refractivity contribution in [3.05, 3.63) is 48.2 Å². The van der Waals surface area contributed by atoms with E-state index in [1.807, 2.05) is 29.2 Å². The molecule has 7 heteroatoms. The molecule has 1 aliphatic carbocycles. The van der Waals surface area contributed by atoms with Gasteiger partial charge in [-0.25, -0.2) is 9.78 Å². The monoisotopic (exact) mass is 394 g/mol. The summed E-state index contributed by atoms with van der Waals surface area (Å²) in [4.78, 5) is 33.1. The fourth-order valence-electron chi connectivity index (χ4n) is 4.07. The number of pyridine rings is 1. The zero-order chi connectivity index (χ0) is 20.2. The minimum absolute atomic E-state index is 0.0423. The third-order valence-electron chi connectivity index (χ3n) is 5.64. The number of carbonyl (C=O) groups is 2. The summed E-state index contributed by atoms with van der Waals surface area (Å²) in [6.45, 7) is 1.41. The Balaban J connectivity index is 1.34. The Bertz CT molecular complexity index is 861. The van der Waals surface area contributed by atoms with Gasteiger partial charge in [-0.1, -0.05) is 25.0 Å². The number of ether oxygens (including phenoxy) is 1. The maximum Gasteiger partial charge on any atom is 0.326 e. The van der Waals surface area contributed by atoms with Gasteiger partial charge in [0, 0.05) is 19.1 Å². The molecule has 1 saturated carbocycles. The lowest BCUT2D eigenvalue weighted by Gasteiger charge is -2.23. The molecule has 1 aliphatic heterocycles. The predicted molar refractivity (Wildman–Crippen MR) is 111 cm³/mol. The van der Waals surface area contributed by atoms with Crippen molar-refractivity contribution < 1.29 is 14.3 Å². The van der Waals surface area contributed by atoms with Crippen molar-refractivity contribution in [3.63, 3.8) is 0 Å². The van der Waals surface area contributed by atoms with Gasteiger partial charge in [-0.15, -0.1) is 0 Å². The number of nitrogens with one attached hydrogen (secondary N) is 1. The molecule has 1 N–H and O–H groups in total. The zero-order valence-electron chi connectivity index (χ0n) is 16.6. The lowest BCUT2D eigenvalue weighted by molar-refractivity contribution is -0.115. The Kier molecular flexibility index (Phi) is 5.64. The third-order valence-corrected chi connectivity index (χ3v) is 5.64. The first-order valence-corrected chi connectivity index (χ1v) is 10.1. The van der Waals surface area contributed by atoms with Crippen LogP contribution in [0, 0.1) is 0 Å². The molecule has 2 aromatic rings. The average molecular weight is 394 g/mol. The number of methoxy groups -OCH3 is 1. The van der Waals surface area contributed by atoms with E-state index in [0.29, 0.717) is 24.1 Å². The quantitative estimate of drug-likeness (QED) is 0.814. The summed E-state index contributed by atoms with van der Waals surface area (Å²) in [5.74, 6) is 1.27. The number of hydrogen-bond acceptors (Lipinski definition) is 4. The van der Waals surface area contributed by atoms with E-state index in [4.69, 9.17) is 4.74 Å². The zero-order valence-corrected chi connectivity index (χ0v) is 16.6. The molecule has 2 heterocycles. The minimum Gasteiger partial charge on any atom is -0.497 e. The van der Waals surface area contributed by atoms with Gasteiger partial charge >= 0.3 is 6.03 Å². The lowest BCUT2D eigenvalue weighted by Crippen LogP contribution is -2.38. The molecule has 2 aliphatic rings. The fourth-order valence-corrected chi connectivity index (χ4v) is 4.07. The van der Waals surface area contributed by atoms with Crippen LogP contribution in [0.2, 0.25) is 0 Å². The first-order valence-electron chi connectivity index (χ1n) is 10.1. The Hall–Kier alpha value is -3.09. The lowest BCUT2D eigenvalue weighted by atomic mass is 10.1. The van der Waals surface area contributed by atoms with Crippen LogP contribution in [0.1, 0.15) is 31.2 Å². The average Bonchev–Trinajstić information content (AvgIpc) is 3.39. The summed E-state index contributed by atoms with van der Waals surface area (Å²) in [5, 5.41) is 2.85. The third kappa shape index (κ3) is 4.34. The van der Waals surface area contributed by atoms with Gasteiger partial charge in [0.2, 0.25) is 5.91 Å². The van der Waals surface area contributed by atoms with E-state index in [9.17, 15) is 9.59 Å². The van der Waals surface area contributed by atoms with Crippen molar-refractivity contribution in [1.82, 2.24) is 9.88 Å². The molecular weight excluding hydrogens is 368 g/mol. The summed E-state index contributed by atoms with van der Waals surface area (Å²) < 4.78 is 5.13. The number of urea groups is 1. The second-order valence-corrected chi connectivity index (χ2v) is 7.54. The van der Waals surface area contributed by atoms with Crippen LogP contribution in [-0.2, 0) is 11.2 Å². The van der Waals surface area contributed by atoms with Gasteiger partial charge in [-0.05, 0) is 42.7 Å². The van der Waals surface area contributed by atoms with Crippen LogP contribution in [0.4, 0.5) is 16.3 Å². The molecule has 1 aromatic heterocycles. The van der Waals surface area contributed by atoms with Crippen molar-refractivity contribution in [2.45, 2.75) is 38.1 Å². The van der Waals surface area contributed by atoms with Crippen LogP contribution in [0.3, 0.4) is 0 Å². The molecule has 0 bridgehead atoms. The molecule has 0 unspecified atom stereocenters. The summed E-state index contributed by atoms with van der Waals surface area (Å²) in [6.07, 6.45) is 6.49. The van der Waals surface area contributed by atoms with Gasteiger partial charge in [-0.3, -0.25) is 9.69 Å². The van der Waals surface area contributed by atoms with E-state index in [0.717, 1.165) is 30.7 Å². The highest BCUT2D eigenvalue weighted by atomic mass is 16.5. The molecular formula is C22H26N4O3. The Morgan fingerprint density at radius 1 is 1.14 bits per heavy atom. The number of benzene rings is 1. The highest BCUT2D eigenvalue weighted by molar-refractivity contribution is 5.94. The predicted octanol–water partition coefficient (Wildman–Crippen LogP) is 3.46. The van der Waals surface area contributed by atoms with E-state index >= 15 is 0 Å². The number of nitrogens with zero attached hydrogens (tertiary/aromatic N) is 3. The van der Waals surface area contributed by atoms with Crippen LogP contribution in [0.25, 0.3) is 0 Å². The molecule has 29 heavy (non-hydrogen) atoms. The fraction of sp³-hybridized carbons (Fsp3) is 0.409. The van der Waals surface area contributed by atoms with Crippen LogP contribution < -0.4 is 15.0 Å². The summed E-state index contributed by atoms with van der Waals surface area (Å²) in [5.41, 5.74) is 1.52. The van der Waals surface area contributed by atoms with Gasteiger partial charge in [0.05, 0.1) is 25.4 Å². The second-order valence-electron chi connectivity index (χ2n) is 7.54. The summed E-state index contributed by atoms with van der Waals surface area (Å²) >= 11 is 0. The number of aromatic nitrogens is 1. The highest BCUT2D eigenvalue weighted by Gasteiger charge is 2.36. The van der Waals surface area contributed by atoms with Crippen LogP contribution in [0.5, 0.6) is 5.75 Å². The smallest absolute Gasteiger partial charge is 0.326 e. The van der Waals surface area contributed by atoms with Crippen LogP contribution in [0.15, 0.2) is 42.6 Å². The van der Waals surface area contributed by atoms with Crippen molar-refractivity contribution in [3.8, 4) is 5.75 Å². The molecule has 4 rings (SSSR count). The van der Waals surface area contributed by atoms with Gasteiger partial charge in [0.15, 0.2) is 0 Å². The Morgan fingerprint density at radius 2 is 1.90 bits per heavy atom. The van der Waals surface area contributed by atoms with E-state index in [1.165, 1.54) is 12.8 Å². The van der Waals surface area contributed by atoms with Gasteiger partial charge < -0.3 is 15.0 Å². The van der Waals surface area contributed by atoms with Crippen molar-refractivity contribution in [1.29, 1.82) is 0 Å². The maximum absolute atomic E-state index is 12.7. The van der Waals surface area contributed by atoms with Gasteiger partial charge in [0.25, 0.3) is 0 Å². The molecule has 0 spiro atoms. The minimum atomic E-state index is -0.116. The van der Waals surface area contributed by atoms with Gasteiger partial charge in [0.1, 0.15) is 11.6 Å². The van der Waals surface area contributed by atoms with E-state index < -0.39 is 0 Å². The van der Waals surface area contributed by atoms with Crippen molar-refractivity contribution in [2.75, 3.05) is 30.4 Å². The van der Waals surface area contributed by atoms with E-state index in [1.54, 1.807) is 30.3 Å². The molecule has 0 atom stereocenters. The highest BCUT2D eigenvalue weighted by Crippen LogP contribution is 2.28. The second kappa shape index (κ2) is 8.51. The number of carbonyl (C=O) groups excluding carboxylic acids is 2. The molecule has 7 nitrogen and oxygen atoms in total. The topological polar surface area (TPSA) is 74.8 Å². The number of amides is 3. The first-order chi connectivity index (χ1) is 14.1. The maximum atomic E-state index is 12.7. The van der Waals surface area contributed by atoms with Crippen LogP contribution >= 0.6 is 0 Å². The normalized spacial score (nSPS) is 17.1. The standard InChI is InChI=1S/C22H26N4O3/c1-29-19-9-6-16(7-10-19)14-21(27)24-17-8-11-20(23-15-17)26-13-12-25(22(26)28)18-4-2-3-5-18/h6-11,15,18H,2-5,12-14H2,1H3,(H,24,27). The Labute approximate surface area is 170 Å². The molecule has 3 amide bonds. The first kappa shape index (κ1) is 19.2. The van der Waals surface area contributed by atoms with Crippen molar-refractivity contribution >= 4 is 23.4 Å². The van der Waals surface area contributed by atoms with Gasteiger partial charge in [-0.2, -0.15) is 0 Å². The molecule has 1 aromatic carbocycles. The van der Waals surface area contributed by atoms with E-state index in [2.05, 4.69) is 10.3 Å². The summed E-state index contributed by atoms with van der Waals surface area (Å²) in [6, 6.07) is 11.4. The largest absolute Gasteiger partial charge is 0.497 e. The Morgan fingerprint density at radius 3 is 2.55 bits per heavy atom. The number of hydrogen-bond donors (Lipinski definition) is 1.